The van der Waals surface area contributed by atoms with E-state index in [1.807, 2.05) is 0 Å². The summed E-state index contributed by atoms with van der Waals surface area (Å²) < 4.78 is 12.6. The minimum absolute atomic E-state index is 0.419. The van der Waals surface area contributed by atoms with E-state index in [1.165, 1.54) is 27.4 Å². The molecule has 32 heavy (non-hydrogen) atoms. The van der Waals surface area contributed by atoms with Gasteiger partial charge in [0.25, 0.3) is 0 Å². The lowest BCUT2D eigenvalue weighted by Crippen LogP contribution is -2.33. The number of rotatable bonds is 8. The average molecular weight is 478 g/mol. The van der Waals surface area contributed by atoms with E-state index in [0.717, 1.165) is 0 Å². The first kappa shape index (κ1) is 24.8. The Kier molecular flexibility index (Phi) is 8.38. The first-order valence-electron chi connectivity index (χ1n) is 11.5. The summed E-state index contributed by atoms with van der Waals surface area (Å²) in [6, 6.07) is 28.5. The van der Waals surface area contributed by atoms with Crippen molar-refractivity contribution in [2.24, 2.45) is 4.63 Å². The van der Waals surface area contributed by atoms with Gasteiger partial charge in [-0.3, -0.25) is 4.63 Å². The Labute approximate surface area is 198 Å². The van der Waals surface area contributed by atoms with E-state index in [0.29, 0.717) is 11.8 Å². The van der Waals surface area contributed by atoms with Crippen LogP contribution in [-0.2, 0) is 4.12 Å². The molecule has 0 fully saturated rings. The van der Waals surface area contributed by atoms with Crippen LogP contribution in [-0.4, -0.2) is 16.8 Å². The van der Waals surface area contributed by atoms with Gasteiger partial charge < -0.3 is 4.12 Å². The highest BCUT2D eigenvalue weighted by Gasteiger charge is 2.30. The third-order valence-corrected chi connectivity index (χ3v) is 14.6. The van der Waals surface area contributed by atoms with Gasteiger partial charge in [0.15, 0.2) is 0 Å². The predicted molar refractivity (Wildman–Crippen MR) is 146 cm³/mol. The number of hydrogen-bond acceptors (Lipinski definition) is 2. The topological polar surface area (TPSA) is 21.6 Å². The zero-order chi connectivity index (χ0) is 23.3. The van der Waals surface area contributed by atoms with E-state index in [1.54, 1.807) is 0 Å². The first-order valence-corrected chi connectivity index (χ1v) is 18.4. The minimum Gasteiger partial charge on any atom is -0.590 e. The molecular formula is C27H36NOPSi2. The number of hydrogen-bond donors (Lipinski definition) is 0. The van der Waals surface area contributed by atoms with Gasteiger partial charge in [0.2, 0.25) is 8.32 Å². The second-order valence-electron chi connectivity index (χ2n) is 9.71. The fraction of sp³-hybridized carbons (Fsp3) is 0.333. The fourth-order valence-electron chi connectivity index (χ4n) is 3.65. The summed E-state index contributed by atoms with van der Waals surface area (Å²) in [5, 5.41) is 2.69. The molecule has 3 aromatic carbocycles. The Bertz CT molecular complexity index is 979. The van der Waals surface area contributed by atoms with E-state index in [2.05, 4.69) is 126 Å². The molecule has 0 aliphatic heterocycles. The zero-order valence-corrected chi connectivity index (χ0v) is 23.4. The SMILES string of the molecule is CC(C)c1cccc(C(C)C)c1N=[Si](O[Si](C)(C)C)P(c1ccccc1)c1ccccc1. The average Bonchev–Trinajstić information content (AvgIpc) is 2.74. The molecule has 0 heterocycles. The van der Waals surface area contributed by atoms with Crippen molar-refractivity contribution in [1.82, 2.24) is 0 Å². The zero-order valence-electron chi connectivity index (χ0n) is 20.5. The van der Waals surface area contributed by atoms with Crippen LogP contribution < -0.4 is 10.6 Å². The standard InChI is InChI=1S/C27H36NOPSi2/c1-21(2)25-19-14-20-26(22(3)4)27(25)28-31(29-32(5,6)7)30(23-15-10-8-11-16-23)24-17-12-9-13-18-24/h8-22H,1-7H3. The van der Waals surface area contributed by atoms with Crippen LogP contribution in [0.1, 0.15) is 50.7 Å². The maximum absolute atomic E-state index is 6.99. The Morgan fingerprint density at radius 2 is 1.12 bits per heavy atom. The lowest BCUT2D eigenvalue weighted by atomic mass is 9.93. The van der Waals surface area contributed by atoms with Crippen molar-refractivity contribution in [2.75, 3.05) is 0 Å². The molecule has 0 aliphatic rings. The van der Waals surface area contributed by atoms with E-state index >= 15 is 0 Å². The summed E-state index contributed by atoms with van der Waals surface area (Å²) in [5.74, 6) is 0.838. The highest BCUT2D eigenvalue weighted by molar-refractivity contribution is 7.98. The molecule has 2 nitrogen and oxygen atoms in total. The van der Waals surface area contributed by atoms with Crippen molar-refractivity contribution in [3.63, 3.8) is 0 Å². The van der Waals surface area contributed by atoms with E-state index in [9.17, 15) is 0 Å². The Hall–Kier alpha value is -1.88. The van der Waals surface area contributed by atoms with Crippen LogP contribution in [0.5, 0.6) is 0 Å². The van der Waals surface area contributed by atoms with Gasteiger partial charge in [-0.2, -0.15) is 0 Å². The molecule has 0 unspecified atom stereocenters. The molecule has 0 spiro atoms. The largest absolute Gasteiger partial charge is 0.590 e. The molecule has 0 saturated heterocycles. The lowest BCUT2D eigenvalue weighted by Gasteiger charge is -2.28. The van der Waals surface area contributed by atoms with Crippen LogP contribution in [0.3, 0.4) is 0 Å². The van der Waals surface area contributed by atoms with Gasteiger partial charge in [-0.1, -0.05) is 107 Å². The van der Waals surface area contributed by atoms with Crippen LogP contribution >= 0.6 is 7.47 Å². The smallest absolute Gasteiger partial charge is 0.379 e. The highest BCUT2D eigenvalue weighted by atomic mass is 31.4. The molecule has 0 amide bonds. The summed E-state index contributed by atoms with van der Waals surface area (Å²) in [4.78, 5) is 0. The summed E-state index contributed by atoms with van der Waals surface area (Å²) >= 11 is 0. The second kappa shape index (κ2) is 10.8. The van der Waals surface area contributed by atoms with Crippen molar-refractivity contribution in [3.8, 4) is 0 Å². The van der Waals surface area contributed by atoms with Gasteiger partial charge in [0.1, 0.15) is 0 Å². The van der Waals surface area contributed by atoms with Crippen molar-refractivity contribution in [3.05, 3.63) is 90.0 Å². The first-order chi connectivity index (χ1) is 15.2. The molecule has 0 aromatic heterocycles. The normalized spacial score (nSPS) is 12.6. The monoisotopic (exact) mass is 477 g/mol. The summed E-state index contributed by atoms with van der Waals surface area (Å²) in [7, 11) is -4.10. The fourth-order valence-corrected chi connectivity index (χ4v) is 14.7. The highest BCUT2D eigenvalue weighted by Crippen LogP contribution is 2.41. The molecule has 0 atom stereocenters. The van der Waals surface area contributed by atoms with E-state index in [4.69, 9.17) is 8.75 Å². The summed E-state index contributed by atoms with van der Waals surface area (Å²) in [6.45, 7) is 15.9. The molecule has 168 valence electrons. The maximum Gasteiger partial charge on any atom is 0.379 e. The van der Waals surface area contributed by atoms with Gasteiger partial charge in [-0.25, -0.2) is 0 Å². The van der Waals surface area contributed by atoms with Crippen LogP contribution in [0.2, 0.25) is 19.6 Å². The molecule has 0 aliphatic carbocycles. The van der Waals surface area contributed by atoms with Crippen molar-refractivity contribution < 1.29 is 4.12 Å². The molecule has 0 saturated carbocycles. The Morgan fingerprint density at radius 1 is 0.688 bits per heavy atom. The van der Waals surface area contributed by atoms with Crippen molar-refractivity contribution >= 4 is 40.6 Å². The Balaban J connectivity index is 2.30. The van der Waals surface area contributed by atoms with Crippen LogP contribution in [0, 0.1) is 0 Å². The van der Waals surface area contributed by atoms with Gasteiger partial charge in [-0.05, 0) is 53.2 Å². The van der Waals surface area contributed by atoms with Gasteiger partial charge in [-0.15, -0.1) is 0 Å². The molecule has 0 N–H and O–H groups in total. The Morgan fingerprint density at radius 3 is 1.50 bits per heavy atom. The van der Waals surface area contributed by atoms with Gasteiger partial charge in [0, 0.05) is 7.47 Å². The van der Waals surface area contributed by atoms with Gasteiger partial charge >= 0.3 is 8.50 Å². The predicted octanol–water partition coefficient (Wildman–Crippen LogP) is 7.80. The molecule has 3 rings (SSSR count). The van der Waals surface area contributed by atoms with E-state index in [-0.39, 0.29) is 0 Å². The maximum atomic E-state index is 6.99. The summed E-state index contributed by atoms with van der Waals surface area (Å²) in [5.41, 5.74) is 3.83. The van der Waals surface area contributed by atoms with Gasteiger partial charge in [0.05, 0.1) is 5.69 Å². The minimum atomic E-state index is -1.82. The van der Waals surface area contributed by atoms with Crippen molar-refractivity contribution in [2.45, 2.75) is 59.2 Å². The number of nitrogens with zero attached hydrogens (tertiary/aromatic N) is 1. The number of benzene rings is 3. The van der Waals surface area contributed by atoms with Crippen LogP contribution in [0.15, 0.2) is 83.5 Å². The third-order valence-electron chi connectivity index (χ3n) is 5.17. The van der Waals surface area contributed by atoms with E-state index < -0.39 is 24.3 Å². The molecule has 3 aromatic rings. The second-order valence-corrected chi connectivity index (χ2v) is 19.7. The van der Waals surface area contributed by atoms with Crippen LogP contribution in [0.25, 0.3) is 0 Å². The summed E-state index contributed by atoms with van der Waals surface area (Å²) in [6.07, 6.45) is 0. The molecule has 5 heteroatoms. The third kappa shape index (κ3) is 6.34. The van der Waals surface area contributed by atoms with Crippen LogP contribution in [0.4, 0.5) is 5.69 Å². The molecule has 0 radical (unpaired) electrons. The molecule has 0 bridgehead atoms. The molecular weight excluding hydrogens is 441 g/mol. The van der Waals surface area contributed by atoms with Crippen molar-refractivity contribution in [1.29, 1.82) is 0 Å². The lowest BCUT2D eigenvalue weighted by molar-refractivity contribution is 0.601. The quantitative estimate of drug-likeness (QED) is 0.239.